The van der Waals surface area contributed by atoms with Crippen LogP contribution in [0.3, 0.4) is 0 Å². The Morgan fingerprint density at radius 1 is 1.17 bits per heavy atom. The zero-order valence-corrected chi connectivity index (χ0v) is 14.0. The van der Waals surface area contributed by atoms with Crippen LogP contribution in [0.2, 0.25) is 5.02 Å². The van der Waals surface area contributed by atoms with Gasteiger partial charge in [-0.1, -0.05) is 11.6 Å². The summed E-state index contributed by atoms with van der Waals surface area (Å²) in [6.07, 6.45) is 3.71. The Kier molecular flexibility index (Phi) is 6.57. The maximum absolute atomic E-state index is 12.1. The number of carbonyl (C=O) groups is 2. The number of rotatable bonds is 7. The van der Waals surface area contributed by atoms with Crippen molar-refractivity contribution >= 4 is 23.4 Å². The molecule has 1 aromatic heterocycles. The Hall–Kier alpha value is -2.60. The van der Waals surface area contributed by atoms with E-state index in [9.17, 15) is 9.59 Å². The van der Waals surface area contributed by atoms with Crippen LogP contribution in [0.4, 0.5) is 0 Å². The van der Waals surface area contributed by atoms with Crippen molar-refractivity contribution in [1.82, 2.24) is 15.6 Å². The molecule has 2 N–H and O–H groups in total. The molecule has 24 heavy (non-hydrogen) atoms. The molecule has 0 radical (unpaired) electrons. The number of hydrogen-bond donors (Lipinski definition) is 2. The molecule has 0 fully saturated rings. The van der Waals surface area contributed by atoms with Crippen molar-refractivity contribution in [2.24, 2.45) is 0 Å². The Morgan fingerprint density at radius 3 is 2.58 bits per heavy atom. The van der Waals surface area contributed by atoms with Crippen LogP contribution in [-0.4, -0.2) is 37.0 Å². The van der Waals surface area contributed by atoms with E-state index in [-0.39, 0.29) is 11.8 Å². The summed E-state index contributed by atoms with van der Waals surface area (Å²) in [6.45, 7) is 0.864. The molecular formula is C17H18ClN3O3. The van der Waals surface area contributed by atoms with Crippen molar-refractivity contribution in [3.8, 4) is 5.75 Å². The molecule has 0 saturated carbocycles. The van der Waals surface area contributed by atoms with Crippen LogP contribution < -0.4 is 15.4 Å². The number of pyridine rings is 1. The number of nitrogens with zero attached hydrogens (tertiary/aromatic N) is 1. The molecule has 7 heteroatoms. The highest BCUT2D eigenvalue weighted by Gasteiger charge is 2.12. The highest BCUT2D eigenvalue weighted by Crippen LogP contribution is 2.22. The largest absolute Gasteiger partial charge is 0.496 e. The summed E-state index contributed by atoms with van der Waals surface area (Å²) < 4.78 is 5.15. The lowest BCUT2D eigenvalue weighted by Gasteiger charge is -2.10. The third-order valence-corrected chi connectivity index (χ3v) is 3.49. The van der Waals surface area contributed by atoms with Crippen molar-refractivity contribution in [2.75, 3.05) is 20.2 Å². The summed E-state index contributed by atoms with van der Waals surface area (Å²) in [5.74, 6) is 0.000605. The molecule has 0 spiro atoms. The van der Waals surface area contributed by atoms with Gasteiger partial charge in [0.2, 0.25) is 0 Å². The first-order valence-corrected chi connectivity index (χ1v) is 7.79. The van der Waals surface area contributed by atoms with Crippen molar-refractivity contribution in [3.05, 3.63) is 58.9 Å². The molecule has 6 nitrogen and oxygen atoms in total. The van der Waals surface area contributed by atoms with Gasteiger partial charge in [0.25, 0.3) is 11.8 Å². The Balaban J connectivity index is 1.75. The molecular weight excluding hydrogens is 330 g/mol. The minimum Gasteiger partial charge on any atom is -0.496 e. The van der Waals surface area contributed by atoms with E-state index in [0.717, 1.165) is 0 Å². The van der Waals surface area contributed by atoms with E-state index in [4.69, 9.17) is 16.3 Å². The standard InChI is InChI=1S/C17H18ClN3O3/c1-24-15-6-5-13(18)10-14(15)17(23)21-9-3-8-20-16(22)12-4-2-7-19-11-12/h2,4-7,10-11H,3,8-9H2,1H3,(H,20,22)(H,21,23). The van der Waals surface area contributed by atoms with Gasteiger partial charge in [0.15, 0.2) is 0 Å². The number of methoxy groups -OCH3 is 1. The van der Waals surface area contributed by atoms with Crippen molar-refractivity contribution in [2.45, 2.75) is 6.42 Å². The van der Waals surface area contributed by atoms with Gasteiger partial charge in [-0.3, -0.25) is 14.6 Å². The smallest absolute Gasteiger partial charge is 0.255 e. The lowest BCUT2D eigenvalue weighted by molar-refractivity contribution is 0.0949. The average molecular weight is 348 g/mol. The number of carbonyl (C=O) groups excluding carboxylic acids is 2. The van der Waals surface area contributed by atoms with Crippen LogP contribution in [0.5, 0.6) is 5.75 Å². The quantitative estimate of drug-likeness (QED) is 0.753. The van der Waals surface area contributed by atoms with Gasteiger partial charge in [-0.25, -0.2) is 0 Å². The molecule has 0 unspecified atom stereocenters. The van der Waals surface area contributed by atoms with Gasteiger partial charge in [0.1, 0.15) is 5.75 Å². The summed E-state index contributed by atoms with van der Waals surface area (Å²) in [5, 5.41) is 6.00. The highest BCUT2D eigenvalue weighted by atomic mass is 35.5. The van der Waals surface area contributed by atoms with Crippen molar-refractivity contribution in [1.29, 1.82) is 0 Å². The first-order valence-electron chi connectivity index (χ1n) is 7.42. The Bertz CT molecular complexity index is 707. The van der Waals surface area contributed by atoms with Crippen molar-refractivity contribution < 1.29 is 14.3 Å². The number of ether oxygens (including phenoxy) is 1. The normalized spacial score (nSPS) is 10.1. The minimum absolute atomic E-state index is 0.189. The number of hydrogen-bond acceptors (Lipinski definition) is 4. The number of aromatic nitrogens is 1. The lowest BCUT2D eigenvalue weighted by atomic mass is 10.2. The highest BCUT2D eigenvalue weighted by molar-refractivity contribution is 6.31. The van der Waals surface area contributed by atoms with Crippen LogP contribution in [0.25, 0.3) is 0 Å². The van der Waals surface area contributed by atoms with Gasteiger partial charge in [-0.05, 0) is 36.8 Å². The van der Waals surface area contributed by atoms with E-state index >= 15 is 0 Å². The summed E-state index contributed by atoms with van der Waals surface area (Å²) >= 11 is 5.91. The topological polar surface area (TPSA) is 80.3 Å². The molecule has 0 aliphatic heterocycles. The van der Waals surface area contributed by atoms with Gasteiger partial charge >= 0.3 is 0 Å². The molecule has 0 aliphatic rings. The van der Waals surface area contributed by atoms with E-state index in [2.05, 4.69) is 15.6 Å². The molecule has 2 aromatic rings. The maximum Gasteiger partial charge on any atom is 0.255 e. The molecule has 0 saturated heterocycles. The van der Waals surface area contributed by atoms with E-state index in [1.165, 1.54) is 13.3 Å². The zero-order valence-electron chi connectivity index (χ0n) is 13.2. The fraction of sp³-hybridized carbons (Fsp3) is 0.235. The zero-order chi connectivity index (χ0) is 17.4. The Labute approximate surface area is 145 Å². The summed E-state index contributed by atoms with van der Waals surface area (Å²) in [6, 6.07) is 8.25. The maximum atomic E-state index is 12.1. The number of amides is 2. The molecule has 0 atom stereocenters. The van der Waals surface area contributed by atoms with E-state index in [1.54, 1.807) is 36.5 Å². The molecule has 0 aliphatic carbocycles. The average Bonchev–Trinajstić information content (AvgIpc) is 2.61. The first kappa shape index (κ1) is 17.7. The monoisotopic (exact) mass is 347 g/mol. The van der Waals surface area contributed by atoms with Gasteiger partial charge in [0.05, 0.1) is 18.2 Å². The molecule has 0 bridgehead atoms. The number of benzene rings is 1. The van der Waals surface area contributed by atoms with Crippen LogP contribution in [0, 0.1) is 0 Å². The SMILES string of the molecule is COc1ccc(Cl)cc1C(=O)NCCCNC(=O)c1cccnc1. The molecule has 2 rings (SSSR count). The molecule has 1 heterocycles. The summed E-state index contributed by atoms with van der Waals surface area (Å²) in [4.78, 5) is 27.9. The van der Waals surface area contributed by atoms with Crippen LogP contribution >= 0.6 is 11.6 Å². The first-order chi connectivity index (χ1) is 11.6. The number of nitrogens with one attached hydrogen (secondary N) is 2. The fourth-order valence-electron chi connectivity index (χ4n) is 2.04. The molecule has 2 amide bonds. The minimum atomic E-state index is -0.270. The molecule has 1 aromatic carbocycles. The van der Waals surface area contributed by atoms with Gasteiger partial charge in [0, 0.05) is 30.5 Å². The third kappa shape index (κ3) is 4.96. The van der Waals surface area contributed by atoms with Gasteiger partial charge < -0.3 is 15.4 Å². The number of halogens is 1. The summed E-state index contributed by atoms with van der Waals surface area (Å²) in [7, 11) is 1.49. The Morgan fingerprint density at radius 2 is 1.92 bits per heavy atom. The van der Waals surface area contributed by atoms with Crippen LogP contribution in [-0.2, 0) is 0 Å². The molecule has 126 valence electrons. The van der Waals surface area contributed by atoms with Crippen molar-refractivity contribution in [3.63, 3.8) is 0 Å². The van der Waals surface area contributed by atoms with Crippen LogP contribution in [0.15, 0.2) is 42.7 Å². The van der Waals surface area contributed by atoms with E-state index in [1.807, 2.05) is 0 Å². The van der Waals surface area contributed by atoms with Gasteiger partial charge in [-0.15, -0.1) is 0 Å². The van der Waals surface area contributed by atoms with Crippen LogP contribution in [0.1, 0.15) is 27.1 Å². The second-order valence-corrected chi connectivity index (χ2v) is 5.39. The fourth-order valence-corrected chi connectivity index (χ4v) is 2.22. The summed E-state index contributed by atoms with van der Waals surface area (Å²) in [5.41, 5.74) is 0.884. The second kappa shape index (κ2) is 8.88. The third-order valence-electron chi connectivity index (χ3n) is 3.25. The van der Waals surface area contributed by atoms with E-state index < -0.39 is 0 Å². The van der Waals surface area contributed by atoms with E-state index in [0.29, 0.717) is 41.4 Å². The predicted octanol–water partition coefficient (Wildman–Crippen LogP) is 2.29. The van der Waals surface area contributed by atoms with Gasteiger partial charge in [-0.2, -0.15) is 0 Å². The predicted molar refractivity (Wildman–Crippen MR) is 91.5 cm³/mol. The second-order valence-electron chi connectivity index (χ2n) is 4.95. The lowest BCUT2D eigenvalue weighted by Crippen LogP contribution is -2.30.